The van der Waals surface area contributed by atoms with E-state index in [4.69, 9.17) is 9.47 Å². The van der Waals surface area contributed by atoms with Crippen molar-refractivity contribution >= 4 is 46.7 Å². The lowest BCUT2D eigenvalue weighted by molar-refractivity contribution is -0.158. The fourth-order valence-electron chi connectivity index (χ4n) is 4.85. The number of aliphatic carboxylic acids is 2. The van der Waals surface area contributed by atoms with E-state index in [9.17, 15) is 39.0 Å². The highest BCUT2D eigenvalue weighted by Crippen LogP contribution is 2.26. The van der Waals surface area contributed by atoms with E-state index in [1.807, 2.05) is 0 Å². The summed E-state index contributed by atoms with van der Waals surface area (Å²) in [6, 6.07) is 5.95. The third kappa shape index (κ3) is 7.47. The van der Waals surface area contributed by atoms with Crippen molar-refractivity contribution in [1.82, 2.24) is 25.0 Å². The molecule has 3 N–H and O–H groups in total. The van der Waals surface area contributed by atoms with Crippen molar-refractivity contribution in [2.45, 2.75) is 38.3 Å². The smallest absolute Gasteiger partial charge is 0.409 e. The van der Waals surface area contributed by atoms with Gasteiger partial charge in [-0.25, -0.2) is 14.6 Å². The number of likely N-dealkylation sites (tertiary alicyclic amines) is 1. The first-order chi connectivity index (χ1) is 20.6. The number of hydrogen-bond donors (Lipinski definition) is 3. The van der Waals surface area contributed by atoms with Gasteiger partial charge in [0.05, 0.1) is 12.1 Å². The summed E-state index contributed by atoms with van der Waals surface area (Å²) in [7, 11) is 0. The highest BCUT2D eigenvalue weighted by Gasteiger charge is 2.37. The van der Waals surface area contributed by atoms with Crippen molar-refractivity contribution in [3.8, 4) is 5.75 Å². The van der Waals surface area contributed by atoms with Crippen LogP contribution in [0.5, 0.6) is 5.75 Å². The second-order valence-corrected chi connectivity index (χ2v) is 10.0. The predicted molar refractivity (Wildman–Crippen MR) is 148 cm³/mol. The topological polar surface area (TPSA) is 196 Å². The molecule has 2 atom stereocenters. The zero-order valence-electron chi connectivity index (χ0n) is 23.6. The number of fused-ring (bicyclic) bond motifs is 1. The molecule has 2 fully saturated rings. The molecule has 2 aromatic rings. The first-order valence-electron chi connectivity index (χ1n) is 13.9. The summed E-state index contributed by atoms with van der Waals surface area (Å²) < 4.78 is 10.7. The average Bonchev–Trinajstić information content (AvgIpc) is 2.96. The van der Waals surface area contributed by atoms with Crippen LogP contribution in [-0.4, -0.2) is 124 Å². The van der Waals surface area contributed by atoms with Crippen molar-refractivity contribution in [1.29, 1.82) is 0 Å². The molecule has 4 rings (SSSR count). The maximum atomic E-state index is 13.4. The van der Waals surface area contributed by atoms with Crippen LogP contribution in [0, 0.1) is 0 Å². The van der Waals surface area contributed by atoms with Crippen LogP contribution in [0.25, 0.3) is 10.9 Å². The molecule has 3 heterocycles. The van der Waals surface area contributed by atoms with Gasteiger partial charge in [-0.15, -0.1) is 0 Å². The third-order valence-corrected chi connectivity index (χ3v) is 7.25. The molecule has 2 aliphatic heterocycles. The van der Waals surface area contributed by atoms with Gasteiger partial charge in [-0.1, -0.05) is 12.1 Å². The predicted octanol–water partition coefficient (Wildman–Crippen LogP) is 0.563. The van der Waals surface area contributed by atoms with E-state index in [1.165, 1.54) is 20.8 Å². The Balaban J connectivity index is 1.48. The molecule has 0 bridgehead atoms. The second-order valence-electron chi connectivity index (χ2n) is 10.0. The van der Waals surface area contributed by atoms with E-state index in [0.29, 0.717) is 23.9 Å². The molecule has 15 heteroatoms. The number of ether oxygens (including phenoxy) is 2. The van der Waals surface area contributed by atoms with Crippen LogP contribution in [0.2, 0.25) is 0 Å². The molecule has 2 unspecified atom stereocenters. The lowest BCUT2D eigenvalue weighted by Gasteiger charge is -2.37. The van der Waals surface area contributed by atoms with E-state index < -0.39 is 54.4 Å². The maximum absolute atomic E-state index is 13.4. The first kappa shape index (κ1) is 31.0. The highest BCUT2D eigenvalue weighted by atomic mass is 16.6. The Kier molecular flexibility index (Phi) is 9.95. The molecule has 15 nitrogen and oxygen atoms in total. The Bertz CT molecular complexity index is 1410. The number of hydrogen-bond acceptors (Lipinski definition) is 9. The number of nitrogens with one attached hydrogen (secondary N) is 1. The summed E-state index contributed by atoms with van der Waals surface area (Å²) in [5.41, 5.74) is 0.238. The van der Waals surface area contributed by atoms with Crippen LogP contribution in [0.4, 0.5) is 4.79 Å². The van der Waals surface area contributed by atoms with E-state index in [-0.39, 0.29) is 57.1 Å². The summed E-state index contributed by atoms with van der Waals surface area (Å²) in [5.74, 6) is -3.86. The standard InChI is InChI=1S/C28H33N5O10/c1-2-42-28(41)32-13-11-31(12-14-32)26(38)19(7-8-24(35)36)30-25(37)20-15-22(17-5-3-4-6-18(17)29-20)43-16-23(34)33-10-9-21(33)27(39)40/h3-6,15,19,21H,2,7-14,16H2,1H3,(H,30,37)(H,35,36)(H,39,40). The molecule has 230 valence electrons. The Labute approximate surface area is 246 Å². The number of carboxylic acid groups (broad SMARTS) is 2. The molecular formula is C28H33N5O10. The zero-order chi connectivity index (χ0) is 31.1. The zero-order valence-corrected chi connectivity index (χ0v) is 23.6. The van der Waals surface area contributed by atoms with Gasteiger partial charge in [-0.2, -0.15) is 0 Å². The van der Waals surface area contributed by atoms with Crippen LogP contribution in [0.15, 0.2) is 30.3 Å². The number of benzene rings is 1. The Hall–Kier alpha value is -4.95. The quantitative estimate of drug-likeness (QED) is 0.326. The number of aromatic nitrogens is 1. The molecule has 0 spiro atoms. The number of nitrogens with zero attached hydrogens (tertiary/aromatic N) is 4. The minimum absolute atomic E-state index is 0.131. The molecule has 0 saturated carbocycles. The van der Waals surface area contributed by atoms with Crippen molar-refractivity contribution in [2.24, 2.45) is 0 Å². The summed E-state index contributed by atoms with van der Waals surface area (Å²) >= 11 is 0. The number of para-hydroxylation sites is 1. The van der Waals surface area contributed by atoms with Crippen LogP contribution in [-0.2, 0) is 23.9 Å². The number of carbonyl (C=O) groups is 6. The fraction of sp³-hybridized carbons (Fsp3) is 0.464. The number of rotatable bonds is 11. The van der Waals surface area contributed by atoms with Gasteiger partial charge in [0.15, 0.2) is 6.61 Å². The van der Waals surface area contributed by atoms with Gasteiger partial charge in [-0.05, 0) is 31.9 Å². The van der Waals surface area contributed by atoms with E-state index in [0.717, 1.165) is 0 Å². The number of pyridine rings is 1. The van der Waals surface area contributed by atoms with E-state index >= 15 is 0 Å². The normalized spacial score (nSPS) is 17.0. The van der Waals surface area contributed by atoms with Crippen molar-refractivity contribution < 1.29 is 48.5 Å². The largest absolute Gasteiger partial charge is 0.483 e. The first-order valence-corrected chi connectivity index (χ1v) is 13.9. The van der Waals surface area contributed by atoms with Crippen LogP contribution >= 0.6 is 0 Å². The van der Waals surface area contributed by atoms with Crippen LogP contribution in [0.1, 0.15) is 36.7 Å². The summed E-state index contributed by atoms with van der Waals surface area (Å²) in [4.78, 5) is 82.4. The van der Waals surface area contributed by atoms with Gasteiger partial charge in [0, 0.05) is 50.6 Å². The Morgan fingerprint density at radius 3 is 2.35 bits per heavy atom. The van der Waals surface area contributed by atoms with Gasteiger partial charge in [0.2, 0.25) is 5.91 Å². The van der Waals surface area contributed by atoms with Gasteiger partial charge in [-0.3, -0.25) is 19.2 Å². The van der Waals surface area contributed by atoms with E-state index in [2.05, 4.69) is 10.3 Å². The lowest BCUT2D eigenvalue weighted by atomic mass is 10.0. The van der Waals surface area contributed by atoms with Crippen LogP contribution in [0.3, 0.4) is 0 Å². The monoisotopic (exact) mass is 599 g/mol. The van der Waals surface area contributed by atoms with Crippen molar-refractivity contribution in [3.05, 3.63) is 36.0 Å². The molecule has 4 amide bonds. The highest BCUT2D eigenvalue weighted by molar-refractivity contribution is 5.99. The Morgan fingerprint density at radius 1 is 1.02 bits per heavy atom. The minimum atomic E-state index is -1.18. The van der Waals surface area contributed by atoms with Crippen molar-refractivity contribution in [2.75, 3.05) is 45.9 Å². The van der Waals surface area contributed by atoms with E-state index in [1.54, 1.807) is 31.2 Å². The van der Waals surface area contributed by atoms with Gasteiger partial charge < -0.3 is 39.7 Å². The Morgan fingerprint density at radius 2 is 1.72 bits per heavy atom. The average molecular weight is 600 g/mol. The van der Waals surface area contributed by atoms with Gasteiger partial charge >= 0.3 is 18.0 Å². The molecule has 1 aromatic carbocycles. The molecule has 2 aliphatic rings. The lowest BCUT2D eigenvalue weighted by Crippen LogP contribution is -2.56. The minimum Gasteiger partial charge on any atom is -0.483 e. The summed E-state index contributed by atoms with van der Waals surface area (Å²) in [5, 5.41) is 21.6. The number of piperazine rings is 1. The SMILES string of the molecule is CCOC(=O)N1CCN(C(=O)C(CCC(=O)O)NC(=O)c2cc(OCC(=O)N3CCC3C(=O)O)c3ccccc3n2)CC1. The number of carbonyl (C=O) groups excluding carboxylic acids is 4. The molecular weight excluding hydrogens is 566 g/mol. The summed E-state index contributed by atoms with van der Waals surface area (Å²) in [6.07, 6.45) is -0.690. The second kappa shape index (κ2) is 13.8. The molecule has 0 radical (unpaired) electrons. The maximum Gasteiger partial charge on any atom is 0.409 e. The van der Waals surface area contributed by atoms with Crippen LogP contribution < -0.4 is 10.1 Å². The molecule has 2 saturated heterocycles. The molecule has 0 aliphatic carbocycles. The van der Waals surface area contributed by atoms with Crippen molar-refractivity contribution in [3.63, 3.8) is 0 Å². The number of amides is 4. The molecule has 1 aromatic heterocycles. The number of carboxylic acids is 2. The van der Waals surface area contributed by atoms with Gasteiger partial charge in [0.1, 0.15) is 23.5 Å². The fourth-order valence-corrected chi connectivity index (χ4v) is 4.85. The van der Waals surface area contributed by atoms with Gasteiger partial charge in [0.25, 0.3) is 11.8 Å². The third-order valence-electron chi connectivity index (χ3n) is 7.25. The summed E-state index contributed by atoms with van der Waals surface area (Å²) in [6.45, 7) is 2.55. The molecule has 43 heavy (non-hydrogen) atoms.